The fourth-order valence-corrected chi connectivity index (χ4v) is 3.82. The van der Waals surface area contributed by atoms with Crippen LogP contribution in [0.1, 0.15) is 42.9 Å². The minimum atomic E-state index is -0.949. The molecule has 2 N–H and O–H groups in total. The number of carboxylic acids is 1. The van der Waals surface area contributed by atoms with Gasteiger partial charge in [-0.2, -0.15) is 0 Å². The molecule has 0 aliphatic heterocycles. The molecular formula is C26H25ClO3. The third-order valence-corrected chi connectivity index (χ3v) is 5.36. The molecule has 0 saturated carbocycles. The van der Waals surface area contributed by atoms with E-state index in [0.29, 0.717) is 5.02 Å². The minimum absolute atomic E-state index is 0.148. The van der Waals surface area contributed by atoms with Crippen LogP contribution in [0.5, 0.6) is 5.75 Å². The lowest BCUT2D eigenvalue weighted by atomic mass is 9.91. The van der Waals surface area contributed by atoms with Crippen molar-refractivity contribution in [1.29, 1.82) is 0 Å². The molecule has 0 heterocycles. The highest BCUT2D eigenvalue weighted by molar-refractivity contribution is 6.30. The lowest BCUT2D eigenvalue weighted by Gasteiger charge is -2.14. The predicted molar refractivity (Wildman–Crippen MR) is 124 cm³/mol. The molecule has 2 aromatic carbocycles. The van der Waals surface area contributed by atoms with Crippen LogP contribution < -0.4 is 0 Å². The van der Waals surface area contributed by atoms with Crippen molar-refractivity contribution >= 4 is 28.7 Å². The fraction of sp³-hybridized carbons (Fsp3) is 0.192. The lowest BCUT2D eigenvalue weighted by Crippen LogP contribution is -1.98. The number of phenolic OH excluding ortho intramolecular Hbond substituents is 1. The van der Waals surface area contributed by atoms with Crippen molar-refractivity contribution < 1.29 is 15.0 Å². The highest BCUT2D eigenvalue weighted by Gasteiger charge is 2.18. The molecule has 4 heteroatoms. The predicted octanol–water partition coefficient (Wildman–Crippen LogP) is 6.96. The van der Waals surface area contributed by atoms with E-state index in [-0.39, 0.29) is 11.3 Å². The van der Waals surface area contributed by atoms with Crippen LogP contribution in [0.3, 0.4) is 0 Å². The molecule has 0 radical (unpaired) electrons. The van der Waals surface area contributed by atoms with Crippen molar-refractivity contribution in [3.63, 3.8) is 0 Å². The van der Waals surface area contributed by atoms with Gasteiger partial charge in [0.1, 0.15) is 5.75 Å². The van der Waals surface area contributed by atoms with Crippen molar-refractivity contribution in [3.05, 3.63) is 99.6 Å². The van der Waals surface area contributed by atoms with E-state index in [1.54, 1.807) is 37.3 Å². The number of rotatable bonds is 5. The van der Waals surface area contributed by atoms with E-state index in [9.17, 15) is 15.0 Å². The summed E-state index contributed by atoms with van der Waals surface area (Å²) in [4.78, 5) is 11.6. The molecule has 0 amide bonds. The average molecular weight is 421 g/mol. The number of hydrogen-bond donors (Lipinski definition) is 2. The van der Waals surface area contributed by atoms with E-state index in [2.05, 4.69) is 24.3 Å². The molecule has 3 nitrogen and oxygen atoms in total. The van der Waals surface area contributed by atoms with Crippen molar-refractivity contribution in [1.82, 2.24) is 0 Å². The fourth-order valence-electron chi connectivity index (χ4n) is 3.65. The Balaban J connectivity index is 2.23. The van der Waals surface area contributed by atoms with Gasteiger partial charge in [0.25, 0.3) is 0 Å². The van der Waals surface area contributed by atoms with Gasteiger partial charge in [-0.15, -0.1) is 0 Å². The maximum atomic E-state index is 11.6. The van der Waals surface area contributed by atoms with Gasteiger partial charge in [0.15, 0.2) is 0 Å². The molecule has 154 valence electrons. The number of aromatic hydroxyl groups is 1. The summed E-state index contributed by atoms with van der Waals surface area (Å²) in [5.74, 6) is -0.802. The number of halogens is 1. The number of carbonyl (C=O) groups is 1. The normalized spacial score (nSPS) is 15.3. The number of carboxylic acid groups (broad SMARTS) is 1. The quantitative estimate of drug-likeness (QED) is 0.406. The van der Waals surface area contributed by atoms with Crippen LogP contribution in [0.15, 0.2) is 77.9 Å². The molecule has 2 aromatic rings. The monoisotopic (exact) mass is 420 g/mol. The summed E-state index contributed by atoms with van der Waals surface area (Å²) in [6.07, 6.45) is 9.48. The number of hydrogen-bond acceptors (Lipinski definition) is 2. The summed E-state index contributed by atoms with van der Waals surface area (Å²) in [7, 11) is 0. The van der Waals surface area contributed by atoms with Crippen LogP contribution in [0.2, 0.25) is 5.02 Å². The topological polar surface area (TPSA) is 57.5 Å². The summed E-state index contributed by atoms with van der Waals surface area (Å²) in [5, 5.41) is 20.6. The maximum absolute atomic E-state index is 11.6. The van der Waals surface area contributed by atoms with Gasteiger partial charge in [-0.1, -0.05) is 59.7 Å². The molecule has 0 atom stereocenters. The lowest BCUT2D eigenvalue weighted by molar-refractivity contribution is -0.132. The molecule has 0 aromatic heterocycles. The van der Waals surface area contributed by atoms with Crippen molar-refractivity contribution in [3.8, 4) is 5.75 Å². The van der Waals surface area contributed by atoms with E-state index < -0.39 is 5.97 Å². The van der Waals surface area contributed by atoms with E-state index in [0.717, 1.165) is 52.7 Å². The van der Waals surface area contributed by atoms with Gasteiger partial charge in [-0.3, -0.25) is 0 Å². The number of benzene rings is 2. The van der Waals surface area contributed by atoms with Crippen LogP contribution in [0.25, 0.3) is 11.1 Å². The smallest absolute Gasteiger partial charge is 0.335 e. The summed E-state index contributed by atoms with van der Waals surface area (Å²) >= 11 is 6.04. The molecule has 0 spiro atoms. The van der Waals surface area contributed by atoms with Crippen LogP contribution in [0.4, 0.5) is 0 Å². The molecular weight excluding hydrogens is 396 g/mol. The first-order chi connectivity index (χ1) is 14.4. The van der Waals surface area contributed by atoms with Crippen molar-refractivity contribution in [2.75, 3.05) is 0 Å². The molecule has 0 unspecified atom stereocenters. The first-order valence-corrected chi connectivity index (χ1v) is 10.3. The second kappa shape index (κ2) is 9.64. The Morgan fingerprint density at radius 1 is 1.10 bits per heavy atom. The van der Waals surface area contributed by atoms with E-state index in [1.807, 2.05) is 19.1 Å². The highest BCUT2D eigenvalue weighted by atomic mass is 35.5. The minimum Gasteiger partial charge on any atom is -0.507 e. The van der Waals surface area contributed by atoms with Gasteiger partial charge >= 0.3 is 5.97 Å². The Morgan fingerprint density at radius 3 is 2.47 bits per heavy atom. The maximum Gasteiger partial charge on any atom is 0.335 e. The van der Waals surface area contributed by atoms with Gasteiger partial charge in [0.2, 0.25) is 0 Å². The van der Waals surface area contributed by atoms with Crippen molar-refractivity contribution in [2.24, 2.45) is 0 Å². The Bertz CT molecular complexity index is 1070. The Hall–Kier alpha value is -3.04. The van der Waals surface area contributed by atoms with E-state index >= 15 is 0 Å². The standard InChI is InChI=1S/C26H25ClO3/c1-3-5-20(26(29)30)14-18-6-4-7-22(23-13-12-21(27)16-25(23)28)24(15-18)19-10-8-17(2)9-11-19/h3,5,8-16,28H,4,6-7H2,1-2H3,(H,29,30)/b5-3-,20-14+. The third kappa shape index (κ3) is 5.11. The van der Waals surface area contributed by atoms with Crippen LogP contribution in [-0.2, 0) is 4.79 Å². The van der Waals surface area contributed by atoms with Crippen LogP contribution in [-0.4, -0.2) is 16.2 Å². The van der Waals surface area contributed by atoms with Gasteiger partial charge in [-0.25, -0.2) is 4.79 Å². The zero-order chi connectivity index (χ0) is 21.7. The Labute approximate surface area is 182 Å². The zero-order valence-electron chi connectivity index (χ0n) is 17.2. The second-order valence-corrected chi connectivity index (χ2v) is 7.83. The third-order valence-electron chi connectivity index (χ3n) is 5.13. The summed E-state index contributed by atoms with van der Waals surface area (Å²) in [6, 6.07) is 13.4. The number of aryl methyl sites for hydroxylation is 1. The second-order valence-electron chi connectivity index (χ2n) is 7.40. The number of phenols is 1. The molecule has 30 heavy (non-hydrogen) atoms. The van der Waals surface area contributed by atoms with Gasteiger partial charge in [-0.05, 0) is 79.7 Å². The number of aliphatic carboxylic acids is 1. The average Bonchev–Trinajstić information content (AvgIpc) is 2.91. The first kappa shape index (κ1) is 21.7. The van der Waals surface area contributed by atoms with E-state index in [1.165, 1.54) is 0 Å². The molecule has 1 aliphatic rings. The first-order valence-electron chi connectivity index (χ1n) is 9.96. The summed E-state index contributed by atoms with van der Waals surface area (Å²) in [6.45, 7) is 3.84. The van der Waals surface area contributed by atoms with Gasteiger partial charge < -0.3 is 10.2 Å². The summed E-state index contributed by atoms with van der Waals surface area (Å²) < 4.78 is 0. The molecule has 0 fully saturated rings. The molecule has 1 aliphatic carbocycles. The largest absolute Gasteiger partial charge is 0.507 e. The zero-order valence-corrected chi connectivity index (χ0v) is 17.9. The SMILES string of the molecule is C/C=C\C(=C/C1=CC(c2ccc(C)cc2)=C(c2ccc(Cl)cc2O)CCC1)C(=O)O. The van der Waals surface area contributed by atoms with Gasteiger partial charge in [0, 0.05) is 10.6 Å². The molecule has 3 rings (SSSR count). The van der Waals surface area contributed by atoms with Crippen molar-refractivity contribution in [2.45, 2.75) is 33.1 Å². The number of allylic oxidation sites excluding steroid dienone is 6. The van der Waals surface area contributed by atoms with E-state index in [4.69, 9.17) is 11.6 Å². The molecule has 0 bridgehead atoms. The molecule has 0 saturated heterocycles. The van der Waals surface area contributed by atoms with Crippen LogP contribution >= 0.6 is 11.6 Å². The Morgan fingerprint density at radius 2 is 1.83 bits per heavy atom. The van der Waals surface area contributed by atoms with Gasteiger partial charge in [0.05, 0.1) is 5.57 Å². The summed E-state index contributed by atoms with van der Waals surface area (Å²) in [5.41, 5.74) is 6.16. The van der Waals surface area contributed by atoms with Crippen LogP contribution in [0, 0.1) is 6.92 Å². The highest BCUT2D eigenvalue weighted by Crippen LogP contribution is 2.40. The Kier molecular flexibility index (Phi) is 6.96.